The first kappa shape index (κ1) is 17.5. The Labute approximate surface area is 148 Å². The standard InChI is InChI=1S/C18H26N4O3/c1-14(23)20-7-4-15(5-8-20)17(24)21-9-11-22(12-10-21)18(25)16-3-6-19(2)13-16/h3,6,13,15H,4-5,7-12H2,1-2H3. The Kier molecular flexibility index (Phi) is 5.11. The largest absolute Gasteiger partial charge is 0.356 e. The van der Waals surface area contributed by atoms with Crippen LogP contribution in [0.2, 0.25) is 0 Å². The fraction of sp³-hybridized carbons (Fsp3) is 0.611. The van der Waals surface area contributed by atoms with Gasteiger partial charge in [0.25, 0.3) is 5.91 Å². The van der Waals surface area contributed by atoms with Crippen LogP contribution in [-0.2, 0) is 16.6 Å². The number of piperidine rings is 1. The molecule has 2 aliphatic heterocycles. The third-order valence-electron chi connectivity index (χ3n) is 5.25. The van der Waals surface area contributed by atoms with Crippen molar-refractivity contribution in [1.82, 2.24) is 19.3 Å². The Morgan fingerprint density at radius 2 is 1.52 bits per heavy atom. The van der Waals surface area contributed by atoms with Crippen molar-refractivity contribution in [2.45, 2.75) is 19.8 Å². The Hall–Kier alpha value is -2.31. The van der Waals surface area contributed by atoms with Crippen LogP contribution in [0.1, 0.15) is 30.1 Å². The highest BCUT2D eigenvalue weighted by Crippen LogP contribution is 2.21. The lowest BCUT2D eigenvalue weighted by Crippen LogP contribution is -2.53. The van der Waals surface area contributed by atoms with Gasteiger partial charge in [0.05, 0.1) is 5.56 Å². The van der Waals surface area contributed by atoms with E-state index in [1.165, 1.54) is 0 Å². The molecule has 0 N–H and O–H groups in total. The van der Waals surface area contributed by atoms with Crippen LogP contribution in [0.5, 0.6) is 0 Å². The summed E-state index contributed by atoms with van der Waals surface area (Å²) < 4.78 is 1.86. The Balaban J connectivity index is 1.49. The van der Waals surface area contributed by atoms with Crippen molar-refractivity contribution < 1.29 is 14.4 Å². The van der Waals surface area contributed by atoms with E-state index in [0.717, 1.165) is 12.8 Å². The van der Waals surface area contributed by atoms with Gasteiger partial charge in [0.1, 0.15) is 0 Å². The maximum absolute atomic E-state index is 12.7. The molecule has 136 valence electrons. The van der Waals surface area contributed by atoms with Gasteiger partial charge in [-0.3, -0.25) is 14.4 Å². The summed E-state index contributed by atoms with van der Waals surface area (Å²) in [5.74, 6) is 0.295. The number of amides is 3. The van der Waals surface area contributed by atoms with Crippen molar-refractivity contribution in [1.29, 1.82) is 0 Å². The fourth-order valence-electron chi connectivity index (χ4n) is 3.64. The van der Waals surface area contributed by atoms with Gasteiger partial charge in [0.2, 0.25) is 11.8 Å². The molecule has 2 aliphatic rings. The number of rotatable bonds is 2. The summed E-state index contributed by atoms with van der Waals surface area (Å²) in [6.45, 7) is 5.23. The third-order valence-corrected chi connectivity index (χ3v) is 5.25. The van der Waals surface area contributed by atoms with Gasteiger partial charge in [-0.05, 0) is 18.9 Å². The maximum atomic E-state index is 12.7. The summed E-state index contributed by atoms with van der Waals surface area (Å²) in [7, 11) is 1.89. The SMILES string of the molecule is CC(=O)N1CCC(C(=O)N2CCN(C(=O)c3ccn(C)c3)CC2)CC1. The number of hydrogen-bond acceptors (Lipinski definition) is 3. The molecule has 0 aromatic carbocycles. The molecule has 0 saturated carbocycles. The van der Waals surface area contributed by atoms with Gasteiger partial charge < -0.3 is 19.3 Å². The van der Waals surface area contributed by atoms with Crippen molar-refractivity contribution in [2.24, 2.45) is 13.0 Å². The zero-order valence-corrected chi connectivity index (χ0v) is 15.0. The summed E-state index contributed by atoms with van der Waals surface area (Å²) in [6.07, 6.45) is 5.16. The van der Waals surface area contributed by atoms with Gasteiger partial charge in [-0.15, -0.1) is 0 Å². The molecule has 3 rings (SSSR count). The lowest BCUT2D eigenvalue weighted by molar-refractivity contribution is -0.141. The van der Waals surface area contributed by atoms with Crippen molar-refractivity contribution in [2.75, 3.05) is 39.3 Å². The number of carbonyl (C=O) groups excluding carboxylic acids is 3. The smallest absolute Gasteiger partial charge is 0.255 e. The molecule has 0 unspecified atom stereocenters. The summed E-state index contributed by atoms with van der Waals surface area (Å²) in [4.78, 5) is 42.0. The second-order valence-corrected chi connectivity index (χ2v) is 6.96. The molecule has 3 amide bonds. The van der Waals surface area contributed by atoms with Gasteiger partial charge in [-0.2, -0.15) is 0 Å². The molecule has 0 atom stereocenters. The minimum atomic E-state index is 0.00646. The Morgan fingerprint density at radius 3 is 2.04 bits per heavy atom. The van der Waals surface area contributed by atoms with Gasteiger partial charge in [-0.25, -0.2) is 0 Å². The summed E-state index contributed by atoms with van der Waals surface area (Å²) in [5, 5.41) is 0. The quantitative estimate of drug-likeness (QED) is 0.786. The van der Waals surface area contributed by atoms with E-state index in [2.05, 4.69) is 0 Å². The second-order valence-electron chi connectivity index (χ2n) is 6.96. The lowest BCUT2D eigenvalue weighted by atomic mass is 9.95. The predicted molar refractivity (Wildman–Crippen MR) is 92.9 cm³/mol. The Bertz CT molecular complexity index is 653. The second kappa shape index (κ2) is 7.29. The maximum Gasteiger partial charge on any atom is 0.255 e. The van der Waals surface area contributed by atoms with Crippen LogP contribution in [0.3, 0.4) is 0 Å². The first-order chi connectivity index (χ1) is 12.0. The number of hydrogen-bond donors (Lipinski definition) is 0. The number of aromatic nitrogens is 1. The van der Waals surface area contributed by atoms with Crippen LogP contribution in [0.4, 0.5) is 0 Å². The van der Waals surface area contributed by atoms with E-state index >= 15 is 0 Å². The topological polar surface area (TPSA) is 65.9 Å². The van der Waals surface area contributed by atoms with E-state index in [4.69, 9.17) is 0 Å². The molecule has 3 heterocycles. The molecule has 25 heavy (non-hydrogen) atoms. The summed E-state index contributed by atoms with van der Waals surface area (Å²) in [6, 6.07) is 1.82. The minimum Gasteiger partial charge on any atom is -0.356 e. The van der Waals surface area contributed by atoms with Gasteiger partial charge >= 0.3 is 0 Å². The molecular weight excluding hydrogens is 320 g/mol. The average molecular weight is 346 g/mol. The van der Waals surface area contributed by atoms with Crippen LogP contribution < -0.4 is 0 Å². The number of carbonyl (C=O) groups is 3. The highest BCUT2D eigenvalue weighted by Gasteiger charge is 2.32. The van der Waals surface area contributed by atoms with Crippen molar-refractivity contribution >= 4 is 17.7 Å². The molecule has 0 spiro atoms. The van der Waals surface area contributed by atoms with Gasteiger partial charge in [0.15, 0.2) is 0 Å². The van der Waals surface area contributed by atoms with Crippen LogP contribution >= 0.6 is 0 Å². The molecule has 0 bridgehead atoms. The van der Waals surface area contributed by atoms with Crippen LogP contribution in [0.25, 0.3) is 0 Å². The number of likely N-dealkylation sites (tertiary alicyclic amines) is 1. The molecule has 0 aliphatic carbocycles. The molecular formula is C18H26N4O3. The van der Waals surface area contributed by atoms with Crippen molar-refractivity contribution in [3.05, 3.63) is 24.0 Å². The molecule has 1 aromatic heterocycles. The highest BCUT2D eigenvalue weighted by atomic mass is 16.2. The summed E-state index contributed by atoms with van der Waals surface area (Å²) in [5.41, 5.74) is 0.693. The molecule has 1 aromatic rings. The first-order valence-electron chi connectivity index (χ1n) is 8.91. The van der Waals surface area contributed by atoms with Crippen LogP contribution in [0, 0.1) is 5.92 Å². The Morgan fingerprint density at radius 1 is 0.920 bits per heavy atom. The monoisotopic (exact) mass is 346 g/mol. The molecule has 0 radical (unpaired) electrons. The first-order valence-corrected chi connectivity index (χ1v) is 8.91. The number of aryl methyl sites for hydroxylation is 1. The zero-order chi connectivity index (χ0) is 18.0. The predicted octanol–water partition coefficient (Wildman–Crippen LogP) is 0.568. The van der Waals surface area contributed by atoms with E-state index < -0.39 is 0 Å². The lowest BCUT2D eigenvalue weighted by Gasteiger charge is -2.38. The van der Waals surface area contributed by atoms with Crippen molar-refractivity contribution in [3.8, 4) is 0 Å². The van der Waals surface area contributed by atoms with Crippen LogP contribution in [0.15, 0.2) is 18.5 Å². The van der Waals surface area contributed by atoms with Gasteiger partial charge in [0, 0.05) is 71.6 Å². The molecule has 2 saturated heterocycles. The van der Waals surface area contributed by atoms with E-state index in [1.807, 2.05) is 39.9 Å². The van der Waals surface area contributed by atoms with Crippen LogP contribution in [-0.4, -0.2) is 76.3 Å². The number of piperazine rings is 1. The normalized spacial score (nSPS) is 19.2. The van der Waals surface area contributed by atoms with E-state index in [1.54, 1.807) is 11.8 Å². The number of nitrogens with zero attached hydrogens (tertiary/aromatic N) is 4. The molecule has 7 nitrogen and oxygen atoms in total. The third kappa shape index (κ3) is 3.86. The van der Waals surface area contributed by atoms with E-state index in [0.29, 0.717) is 44.8 Å². The average Bonchev–Trinajstić information content (AvgIpc) is 3.07. The molecule has 2 fully saturated rings. The van der Waals surface area contributed by atoms with Gasteiger partial charge in [-0.1, -0.05) is 0 Å². The van der Waals surface area contributed by atoms with E-state index in [9.17, 15) is 14.4 Å². The van der Waals surface area contributed by atoms with E-state index in [-0.39, 0.29) is 23.6 Å². The minimum absolute atomic E-state index is 0.00646. The molecule has 7 heteroatoms. The fourth-order valence-corrected chi connectivity index (χ4v) is 3.64. The highest BCUT2D eigenvalue weighted by molar-refractivity contribution is 5.94. The van der Waals surface area contributed by atoms with Crippen molar-refractivity contribution in [3.63, 3.8) is 0 Å². The zero-order valence-electron chi connectivity index (χ0n) is 15.0. The summed E-state index contributed by atoms with van der Waals surface area (Å²) >= 11 is 0.